The lowest BCUT2D eigenvalue weighted by Crippen LogP contribution is -2.17. The summed E-state index contributed by atoms with van der Waals surface area (Å²) in [6, 6.07) is 52.4. The molecule has 0 spiro atoms. The average Bonchev–Trinajstić information content (AvgIpc) is 4.11. The fourth-order valence-electron chi connectivity index (χ4n) is 12.0. The zero-order valence-electron chi connectivity index (χ0n) is 33.9. The number of hydrogen-bond donors (Lipinski definition) is 0. The highest BCUT2D eigenvalue weighted by Crippen LogP contribution is 2.55. The minimum atomic E-state index is -0.0391. The van der Waals surface area contributed by atoms with Gasteiger partial charge in [0.25, 0.3) is 0 Å². The highest BCUT2D eigenvalue weighted by molar-refractivity contribution is 6.08. The lowest BCUT2D eigenvalue weighted by Gasteiger charge is -2.33. The van der Waals surface area contributed by atoms with E-state index in [1.54, 1.807) is 16.7 Å². The minimum Gasteiger partial charge on any atom is -0.310 e. The molecule has 0 atom stereocenters. The van der Waals surface area contributed by atoms with Crippen LogP contribution < -0.4 is 4.90 Å². The second-order valence-corrected chi connectivity index (χ2v) is 18.4. The summed E-state index contributed by atoms with van der Waals surface area (Å²) in [7, 11) is 0. The van der Waals surface area contributed by atoms with E-state index in [2.05, 4.69) is 152 Å². The summed E-state index contributed by atoms with van der Waals surface area (Å²) in [6.07, 6.45) is 15.7. The van der Waals surface area contributed by atoms with Crippen LogP contribution in [-0.4, -0.2) is 0 Å². The van der Waals surface area contributed by atoms with Crippen LogP contribution in [0, 0.1) is 0 Å². The van der Waals surface area contributed by atoms with E-state index >= 15 is 0 Å². The number of anilines is 3. The van der Waals surface area contributed by atoms with E-state index in [9.17, 15) is 0 Å². The predicted octanol–water partition coefficient (Wildman–Crippen LogP) is 16.4. The third-order valence-corrected chi connectivity index (χ3v) is 14.9. The van der Waals surface area contributed by atoms with E-state index in [0.29, 0.717) is 17.8 Å². The molecular weight excluding hydrogens is 687 g/mol. The number of fused-ring (bicyclic) bond motifs is 5. The predicted molar refractivity (Wildman–Crippen MR) is 243 cm³/mol. The maximum absolute atomic E-state index is 2.72. The molecule has 3 saturated carbocycles. The summed E-state index contributed by atoms with van der Waals surface area (Å²) in [5.41, 5.74) is 17.0. The molecule has 57 heavy (non-hydrogen) atoms. The van der Waals surface area contributed by atoms with Gasteiger partial charge in [-0.25, -0.2) is 0 Å². The van der Waals surface area contributed by atoms with Crippen molar-refractivity contribution >= 4 is 38.6 Å². The van der Waals surface area contributed by atoms with Gasteiger partial charge in [0, 0.05) is 22.4 Å². The third kappa shape index (κ3) is 5.79. The summed E-state index contributed by atoms with van der Waals surface area (Å²) in [5.74, 6) is 1.83. The van der Waals surface area contributed by atoms with Crippen molar-refractivity contribution in [2.75, 3.05) is 4.90 Å². The number of rotatable bonds is 7. The molecule has 0 amide bonds. The smallest absolute Gasteiger partial charge is 0.0546 e. The zero-order valence-corrected chi connectivity index (χ0v) is 33.9. The molecule has 1 nitrogen and oxygen atoms in total. The lowest BCUT2D eigenvalue weighted by atomic mass is 9.82. The first-order valence-corrected chi connectivity index (χ1v) is 22.3. The van der Waals surface area contributed by atoms with Crippen LogP contribution in [0.4, 0.5) is 17.1 Å². The van der Waals surface area contributed by atoms with Gasteiger partial charge in [-0.2, -0.15) is 0 Å². The number of benzene rings is 7. The van der Waals surface area contributed by atoms with E-state index in [4.69, 9.17) is 0 Å². The van der Waals surface area contributed by atoms with Gasteiger partial charge in [-0.1, -0.05) is 162 Å². The Balaban J connectivity index is 1.22. The van der Waals surface area contributed by atoms with E-state index in [-0.39, 0.29) is 5.41 Å². The van der Waals surface area contributed by atoms with E-state index in [1.165, 1.54) is 149 Å². The van der Waals surface area contributed by atoms with Crippen LogP contribution in [0.1, 0.15) is 136 Å². The first kappa shape index (κ1) is 35.1. The molecule has 0 unspecified atom stereocenters. The molecule has 284 valence electrons. The Bertz CT molecular complexity index is 2640. The third-order valence-electron chi connectivity index (χ3n) is 14.9. The summed E-state index contributed by atoms with van der Waals surface area (Å²) in [6.45, 7) is 4.81. The molecule has 4 aliphatic carbocycles. The fraction of sp³-hybridized carbons (Fsp3) is 0.321. The summed E-state index contributed by atoms with van der Waals surface area (Å²) in [4.78, 5) is 2.72. The Morgan fingerprint density at radius 1 is 0.456 bits per heavy atom. The van der Waals surface area contributed by atoms with Gasteiger partial charge >= 0.3 is 0 Å². The van der Waals surface area contributed by atoms with Crippen molar-refractivity contribution in [2.45, 2.75) is 114 Å². The molecular formula is C56H55N. The maximum atomic E-state index is 2.72. The quantitative estimate of drug-likeness (QED) is 0.157. The topological polar surface area (TPSA) is 3.24 Å². The minimum absolute atomic E-state index is 0.0391. The SMILES string of the molecule is CC1(C)c2ccccc2-c2cc(N(c3ccc(C4CCCC4)cc3C3CCCC3)c3ccc4ccccc4c3-c3ccc4ccccc4c3C3CCCC3)ccc21. The van der Waals surface area contributed by atoms with Crippen LogP contribution in [0.5, 0.6) is 0 Å². The lowest BCUT2D eigenvalue weighted by molar-refractivity contribution is 0.660. The van der Waals surface area contributed by atoms with E-state index in [0.717, 1.165) is 0 Å². The Labute approximate surface area is 339 Å². The highest BCUT2D eigenvalue weighted by Gasteiger charge is 2.37. The van der Waals surface area contributed by atoms with Crippen molar-refractivity contribution in [3.8, 4) is 22.3 Å². The largest absolute Gasteiger partial charge is 0.310 e. The molecule has 0 N–H and O–H groups in total. The standard InChI is InChI=1S/C56H55N/c1-56(2)50-26-14-13-25-46(50)49-36-43(30-32-51(49)56)57(52-33-29-42(37-15-3-4-16-37)35-48(52)38-17-5-6-18-38)53-34-28-40-20-10-12-24-45(40)55(53)47-31-27-39-19-9-11-23-44(39)54(47)41-21-7-8-22-41/h9-14,19-20,23-38,41H,3-8,15-18,21-22H2,1-2H3. The van der Waals surface area contributed by atoms with Gasteiger partial charge in [0.05, 0.1) is 5.69 Å². The van der Waals surface area contributed by atoms with E-state index in [1.807, 2.05) is 0 Å². The van der Waals surface area contributed by atoms with Gasteiger partial charge in [0.2, 0.25) is 0 Å². The van der Waals surface area contributed by atoms with Crippen molar-refractivity contribution in [3.63, 3.8) is 0 Å². The highest BCUT2D eigenvalue weighted by atomic mass is 15.1. The second kappa shape index (κ2) is 14.1. The summed E-state index contributed by atoms with van der Waals surface area (Å²) < 4.78 is 0. The zero-order chi connectivity index (χ0) is 38.1. The molecule has 0 bridgehead atoms. The average molecular weight is 742 g/mol. The summed E-state index contributed by atoms with van der Waals surface area (Å²) >= 11 is 0. The molecule has 1 heteroatoms. The van der Waals surface area contributed by atoms with Gasteiger partial charge in [-0.05, 0) is 147 Å². The Kier molecular flexibility index (Phi) is 8.64. The van der Waals surface area contributed by atoms with Crippen molar-refractivity contribution in [1.29, 1.82) is 0 Å². The Morgan fingerprint density at radius 3 is 1.82 bits per heavy atom. The summed E-state index contributed by atoms with van der Waals surface area (Å²) in [5, 5.41) is 5.43. The van der Waals surface area contributed by atoms with Crippen molar-refractivity contribution in [1.82, 2.24) is 0 Å². The Morgan fingerprint density at radius 2 is 1.05 bits per heavy atom. The monoisotopic (exact) mass is 741 g/mol. The second-order valence-electron chi connectivity index (χ2n) is 18.4. The van der Waals surface area contributed by atoms with Crippen LogP contribution in [0.15, 0.2) is 133 Å². The number of hydrogen-bond acceptors (Lipinski definition) is 1. The van der Waals surface area contributed by atoms with E-state index < -0.39 is 0 Å². The first-order valence-electron chi connectivity index (χ1n) is 22.3. The van der Waals surface area contributed by atoms with Crippen molar-refractivity contribution in [2.24, 2.45) is 0 Å². The van der Waals surface area contributed by atoms with Crippen LogP contribution in [-0.2, 0) is 5.41 Å². The molecule has 7 aromatic rings. The number of nitrogens with zero attached hydrogens (tertiary/aromatic N) is 1. The first-order chi connectivity index (χ1) is 28.0. The van der Waals surface area contributed by atoms with Gasteiger partial charge in [-0.3, -0.25) is 0 Å². The molecule has 0 radical (unpaired) electrons. The molecule has 11 rings (SSSR count). The van der Waals surface area contributed by atoms with Crippen LogP contribution in [0.3, 0.4) is 0 Å². The van der Waals surface area contributed by atoms with Gasteiger partial charge in [0.15, 0.2) is 0 Å². The van der Waals surface area contributed by atoms with Crippen LogP contribution in [0.2, 0.25) is 0 Å². The molecule has 0 aliphatic heterocycles. The van der Waals surface area contributed by atoms with Crippen LogP contribution >= 0.6 is 0 Å². The molecule has 3 fully saturated rings. The van der Waals surface area contributed by atoms with Gasteiger partial charge in [0.1, 0.15) is 0 Å². The molecule has 7 aromatic carbocycles. The molecule has 0 heterocycles. The van der Waals surface area contributed by atoms with Crippen molar-refractivity contribution in [3.05, 3.63) is 161 Å². The fourth-order valence-corrected chi connectivity index (χ4v) is 12.0. The maximum Gasteiger partial charge on any atom is 0.0546 e. The van der Waals surface area contributed by atoms with Gasteiger partial charge < -0.3 is 4.90 Å². The molecule has 0 aromatic heterocycles. The molecule has 0 saturated heterocycles. The normalized spacial score (nSPS) is 18.1. The molecule has 4 aliphatic rings. The Hall–Kier alpha value is -5.14. The van der Waals surface area contributed by atoms with Crippen LogP contribution in [0.25, 0.3) is 43.8 Å². The van der Waals surface area contributed by atoms with Crippen molar-refractivity contribution < 1.29 is 0 Å². The van der Waals surface area contributed by atoms with Gasteiger partial charge in [-0.15, -0.1) is 0 Å².